The van der Waals surface area contributed by atoms with E-state index in [0.717, 1.165) is 30.8 Å². The largest absolute Gasteiger partial charge is 0.363 e. The summed E-state index contributed by atoms with van der Waals surface area (Å²) in [5.74, 6) is 0. The molecular weight excluding hydrogens is 384 g/mol. The van der Waals surface area contributed by atoms with Gasteiger partial charge in [-0.25, -0.2) is 0 Å². The summed E-state index contributed by atoms with van der Waals surface area (Å²) in [6, 6.07) is 15.1. The van der Waals surface area contributed by atoms with E-state index < -0.39 is 10.1 Å². The van der Waals surface area contributed by atoms with Crippen LogP contribution in [-0.2, 0) is 16.7 Å². The van der Waals surface area contributed by atoms with E-state index >= 15 is 0 Å². The highest BCUT2D eigenvalue weighted by atomic mass is 32.2. The van der Waals surface area contributed by atoms with E-state index in [4.69, 9.17) is 0 Å². The lowest BCUT2D eigenvalue weighted by Crippen LogP contribution is -2.35. The highest BCUT2D eigenvalue weighted by Crippen LogP contribution is 2.38. The minimum Gasteiger partial charge on any atom is -0.363 e. The van der Waals surface area contributed by atoms with Gasteiger partial charge in [-0.1, -0.05) is 75.8 Å². The minimum absolute atomic E-state index is 0.0695. The van der Waals surface area contributed by atoms with Crippen LogP contribution in [0.3, 0.4) is 0 Å². The van der Waals surface area contributed by atoms with Crippen LogP contribution in [0.5, 0.6) is 0 Å². The predicted octanol–water partition coefficient (Wildman–Crippen LogP) is 5.83. The highest BCUT2D eigenvalue weighted by molar-refractivity contribution is 7.85. The van der Waals surface area contributed by atoms with Crippen molar-refractivity contribution in [3.05, 3.63) is 54.1 Å². The highest BCUT2D eigenvalue weighted by Gasteiger charge is 2.29. The average molecular weight is 417 g/mol. The Hall–Kier alpha value is -2.05. The first-order valence-corrected chi connectivity index (χ1v) is 12.1. The zero-order valence-corrected chi connectivity index (χ0v) is 18.0. The predicted molar refractivity (Wildman–Crippen MR) is 119 cm³/mol. The molecule has 0 aromatic heterocycles. The summed E-state index contributed by atoms with van der Waals surface area (Å²) in [6.07, 6.45) is 9.95. The van der Waals surface area contributed by atoms with Crippen molar-refractivity contribution in [1.29, 1.82) is 0 Å². The van der Waals surface area contributed by atoms with Crippen molar-refractivity contribution in [2.45, 2.75) is 75.9 Å². The van der Waals surface area contributed by atoms with E-state index in [1.165, 1.54) is 56.2 Å². The van der Waals surface area contributed by atoms with Crippen LogP contribution in [0.4, 0.5) is 11.4 Å². The second-order valence-corrected chi connectivity index (χ2v) is 9.26. The van der Waals surface area contributed by atoms with Crippen molar-refractivity contribution >= 4 is 21.5 Å². The smallest absolute Gasteiger partial charge is 0.294 e. The lowest BCUT2D eigenvalue weighted by Gasteiger charge is -2.27. The lowest BCUT2D eigenvalue weighted by molar-refractivity contribution is 0.483. The molecule has 5 nitrogen and oxygen atoms in total. The van der Waals surface area contributed by atoms with Crippen molar-refractivity contribution in [3.8, 4) is 0 Å². The first kappa shape index (κ1) is 21.7. The van der Waals surface area contributed by atoms with E-state index in [1.54, 1.807) is 6.07 Å². The molecule has 158 valence electrons. The van der Waals surface area contributed by atoms with Crippen LogP contribution >= 0.6 is 0 Å². The van der Waals surface area contributed by atoms with E-state index in [-0.39, 0.29) is 11.1 Å². The molecular formula is C23H32N2O3S. The van der Waals surface area contributed by atoms with Crippen molar-refractivity contribution in [1.82, 2.24) is 0 Å². The number of benzene rings is 2. The molecule has 0 amide bonds. The normalized spacial score (nSPS) is 15.9. The summed E-state index contributed by atoms with van der Waals surface area (Å²) in [7, 11) is -4.21. The molecule has 1 heterocycles. The first-order chi connectivity index (χ1) is 14.0. The number of hydrogen-bond acceptors (Lipinski definition) is 4. The van der Waals surface area contributed by atoms with E-state index in [2.05, 4.69) is 29.3 Å². The average Bonchev–Trinajstić information content (AvgIpc) is 3.04. The van der Waals surface area contributed by atoms with Gasteiger partial charge in [0.1, 0.15) is 0 Å². The van der Waals surface area contributed by atoms with Crippen molar-refractivity contribution in [3.63, 3.8) is 0 Å². The van der Waals surface area contributed by atoms with Crippen molar-refractivity contribution in [2.24, 2.45) is 0 Å². The molecule has 6 heteroatoms. The number of unbranched alkanes of at least 4 members (excludes halogenated alkanes) is 6. The zero-order valence-electron chi connectivity index (χ0n) is 17.2. The lowest BCUT2D eigenvalue weighted by atomic mass is 10.1. The van der Waals surface area contributed by atoms with Gasteiger partial charge in [-0.15, -0.1) is 0 Å². The second kappa shape index (κ2) is 10.1. The molecule has 1 atom stereocenters. The van der Waals surface area contributed by atoms with Crippen LogP contribution in [-0.4, -0.2) is 19.1 Å². The summed E-state index contributed by atoms with van der Waals surface area (Å²) in [4.78, 5) is 2.23. The number of nitrogens with zero attached hydrogens (tertiary/aromatic N) is 1. The van der Waals surface area contributed by atoms with E-state index in [1.807, 2.05) is 18.2 Å². The molecule has 1 unspecified atom stereocenters. The van der Waals surface area contributed by atoms with Gasteiger partial charge in [0.05, 0.1) is 22.4 Å². The Morgan fingerprint density at radius 3 is 2.34 bits per heavy atom. The molecule has 2 aromatic carbocycles. The van der Waals surface area contributed by atoms with Gasteiger partial charge >= 0.3 is 0 Å². The number of hydrogen-bond donors (Lipinski definition) is 2. The molecule has 0 radical (unpaired) electrons. The Morgan fingerprint density at radius 1 is 0.966 bits per heavy atom. The molecule has 0 bridgehead atoms. The summed E-state index contributed by atoms with van der Waals surface area (Å²) in [5.41, 5.74) is 2.96. The fourth-order valence-electron chi connectivity index (χ4n) is 3.97. The standard InChI is InChI=1S/C23H32N2O3S/c1-2-3-4-5-6-7-11-14-23-24-21-17-20(29(26,27)28)15-16-22(21)25(23)18-19-12-9-8-10-13-19/h8-10,12-13,15-17,23-24H,2-7,11,14,18H2,1H3,(H,26,27,28). The topological polar surface area (TPSA) is 69.6 Å². The number of rotatable bonds is 11. The Balaban J connectivity index is 1.68. The second-order valence-electron chi connectivity index (χ2n) is 7.84. The molecule has 0 saturated carbocycles. The third-order valence-electron chi connectivity index (χ3n) is 5.55. The fraction of sp³-hybridized carbons (Fsp3) is 0.478. The molecule has 0 saturated heterocycles. The molecule has 0 fully saturated rings. The van der Waals surface area contributed by atoms with Crippen LogP contribution in [0, 0.1) is 0 Å². The van der Waals surface area contributed by atoms with Crippen LogP contribution in [0.1, 0.15) is 63.9 Å². The van der Waals surface area contributed by atoms with Gasteiger partial charge in [-0.3, -0.25) is 4.55 Å². The summed E-state index contributed by atoms with van der Waals surface area (Å²) in [5, 5.41) is 3.48. The number of nitrogens with one attached hydrogen (secondary N) is 1. The van der Waals surface area contributed by atoms with Gasteiger partial charge in [0, 0.05) is 6.54 Å². The zero-order chi connectivity index (χ0) is 20.7. The molecule has 1 aliphatic heterocycles. The number of anilines is 2. The third kappa shape index (κ3) is 5.97. The maximum atomic E-state index is 11.5. The van der Waals surface area contributed by atoms with Crippen LogP contribution in [0.2, 0.25) is 0 Å². The minimum atomic E-state index is -4.21. The van der Waals surface area contributed by atoms with Gasteiger partial charge in [-0.2, -0.15) is 8.42 Å². The van der Waals surface area contributed by atoms with Gasteiger partial charge in [0.2, 0.25) is 0 Å². The molecule has 1 aliphatic rings. The third-order valence-corrected chi connectivity index (χ3v) is 6.40. The fourth-order valence-corrected chi connectivity index (χ4v) is 4.47. The van der Waals surface area contributed by atoms with Gasteiger partial charge in [0.15, 0.2) is 0 Å². The van der Waals surface area contributed by atoms with Gasteiger partial charge in [-0.05, 0) is 36.6 Å². The summed E-state index contributed by atoms with van der Waals surface area (Å²) >= 11 is 0. The monoisotopic (exact) mass is 416 g/mol. The van der Waals surface area contributed by atoms with E-state index in [9.17, 15) is 13.0 Å². The Labute approximate surface area is 174 Å². The van der Waals surface area contributed by atoms with Gasteiger partial charge < -0.3 is 10.2 Å². The molecule has 0 aliphatic carbocycles. The van der Waals surface area contributed by atoms with Gasteiger partial charge in [0.25, 0.3) is 10.1 Å². The maximum absolute atomic E-state index is 11.5. The Kier molecular flexibility index (Phi) is 7.56. The molecule has 29 heavy (non-hydrogen) atoms. The molecule has 0 spiro atoms. The first-order valence-electron chi connectivity index (χ1n) is 10.7. The quantitative estimate of drug-likeness (QED) is 0.356. The summed E-state index contributed by atoms with van der Waals surface area (Å²) < 4.78 is 32.4. The van der Waals surface area contributed by atoms with Crippen LogP contribution in [0.15, 0.2) is 53.4 Å². The SMILES string of the molecule is CCCCCCCCCC1Nc2cc(S(=O)(=O)O)ccc2N1Cc1ccccc1. The molecule has 3 rings (SSSR count). The van der Waals surface area contributed by atoms with Crippen molar-refractivity contribution < 1.29 is 13.0 Å². The Morgan fingerprint density at radius 2 is 1.66 bits per heavy atom. The van der Waals surface area contributed by atoms with Crippen molar-refractivity contribution in [2.75, 3.05) is 10.2 Å². The number of fused-ring (bicyclic) bond motifs is 1. The van der Waals surface area contributed by atoms with Crippen LogP contribution in [0.25, 0.3) is 0 Å². The summed E-state index contributed by atoms with van der Waals surface area (Å²) in [6.45, 7) is 2.99. The molecule has 2 aromatic rings. The molecule has 2 N–H and O–H groups in total. The maximum Gasteiger partial charge on any atom is 0.294 e. The Bertz CT molecular complexity index is 884. The van der Waals surface area contributed by atoms with Crippen LogP contribution < -0.4 is 10.2 Å². The van der Waals surface area contributed by atoms with E-state index in [0.29, 0.717) is 0 Å².